The molecule has 134 valence electrons. The number of non-ortho nitro benzene ring substituents is 1. The highest BCUT2D eigenvalue weighted by Gasteiger charge is 2.12. The van der Waals surface area contributed by atoms with Gasteiger partial charge in [-0.05, 0) is 18.2 Å². The van der Waals surface area contributed by atoms with Crippen LogP contribution in [0.2, 0.25) is 5.02 Å². The number of rotatable bonds is 5. The zero-order chi connectivity index (χ0) is 19.4. The Morgan fingerprint density at radius 3 is 2.89 bits per heavy atom. The first kappa shape index (κ1) is 18.5. The van der Waals surface area contributed by atoms with Crippen molar-refractivity contribution in [3.8, 4) is 17.3 Å². The van der Waals surface area contributed by atoms with E-state index >= 15 is 0 Å². The van der Waals surface area contributed by atoms with Crippen LogP contribution in [-0.2, 0) is 0 Å². The van der Waals surface area contributed by atoms with Crippen molar-refractivity contribution in [1.29, 1.82) is 5.26 Å². The molecule has 2 aromatic carbocycles. The largest absolute Gasteiger partial charge is 0.360 e. The zero-order valence-electron chi connectivity index (χ0n) is 13.5. The quantitative estimate of drug-likeness (QED) is 0.347. The molecule has 1 heterocycles. The van der Waals surface area contributed by atoms with E-state index < -0.39 is 10.7 Å². The fourth-order valence-electron chi connectivity index (χ4n) is 2.19. The first-order chi connectivity index (χ1) is 13.0. The average molecular weight is 401 g/mol. The van der Waals surface area contributed by atoms with Crippen LogP contribution < -0.4 is 5.32 Å². The number of nitro groups is 1. The SMILES string of the molecule is N#C/C(=C/Nc1ccc(F)c(Cl)c1)c1nc(-c2cccc([N+](=O)[O-])c2)cs1. The second-order valence-corrected chi connectivity index (χ2v) is 6.55. The molecule has 0 radical (unpaired) electrons. The topological polar surface area (TPSA) is 91.8 Å². The zero-order valence-corrected chi connectivity index (χ0v) is 15.1. The summed E-state index contributed by atoms with van der Waals surface area (Å²) in [5, 5.41) is 25.3. The van der Waals surface area contributed by atoms with Crippen LogP contribution in [-0.4, -0.2) is 9.91 Å². The predicted molar refractivity (Wildman–Crippen MR) is 103 cm³/mol. The van der Waals surface area contributed by atoms with Gasteiger partial charge in [-0.1, -0.05) is 23.7 Å². The number of halogens is 2. The molecule has 0 aliphatic heterocycles. The summed E-state index contributed by atoms with van der Waals surface area (Å²) in [5.74, 6) is -0.534. The lowest BCUT2D eigenvalue weighted by atomic mass is 10.1. The summed E-state index contributed by atoms with van der Waals surface area (Å²) in [5.41, 5.74) is 1.86. The fraction of sp³-hybridized carbons (Fsp3) is 0. The molecule has 1 N–H and O–H groups in total. The summed E-state index contributed by atoms with van der Waals surface area (Å²) in [4.78, 5) is 14.8. The van der Waals surface area contributed by atoms with E-state index in [-0.39, 0.29) is 16.3 Å². The number of anilines is 1. The van der Waals surface area contributed by atoms with Gasteiger partial charge in [0.25, 0.3) is 5.69 Å². The Morgan fingerprint density at radius 2 is 2.19 bits per heavy atom. The van der Waals surface area contributed by atoms with Gasteiger partial charge < -0.3 is 5.32 Å². The highest BCUT2D eigenvalue weighted by atomic mass is 35.5. The average Bonchev–Trinajstić information content (AvgIpc) is 3.15. The first-order valence-corrected chi connectivity index (χ1v) is 8.76. The molecule has 0 unspecified atom stereocenters. The Kier molecular flexibility index (Phi) is 5.45. The van der Waals surface area contributed by atoms with E-state index in [0.717, 1.165) is 0 Å². The molecule has 0 saturated heterocycles. The maximum atomic E-state index is 13.2. The maximum absolute atomic E-state index is 13.2. The van der Waals surface area contributed by atoms with Crippen LogP contribution in [0.15, 0.2) is 54.0 Å². The Hall–Kier alpha value is -3.28. The van der Waals surface area contributed by atoms with E-state index in [4.69, 9.17) is 11.6 Å². The van der Waals surface area contributed by atoms with Crippen molar-refractivity contribution in [3.05, 3.63) is 80.0 Å². The first-order valence-electron chi connectivity index (χ1n) is 7.50. The number of thiazole rings is 1. The molecular formula is C18H10ClFN4O2S. The van der Waals surface area contributed by atoms with E-state index in [1.165, 1.54) is 47.9 Å². The molecule has 1 aromatic heterocycles. The molecule has 0 amide bonds. The van der Waals surface area contributed by atoms with Gasteiger partial charge in [0.15, 0.2) is 0 Å². The number of hydrogen-bond donors (Lipinski definition) is 1. The van der Waals surface area contributed by atoms with Gasteiger partial charge in [-0.15, -0.1) is 11.3 Å². The molecule has 0 spiro atoms. The number of nitrogens with zero attached hydrogens (tertiary/aromatic N) is 3. The molecule has 3 rings (SSSR count). The van der Waals surface area contributed by atoms with Gasteiger partial charge in [-0.3, -0.25) is 10.1 Å². The maximum Gasteiger partial charge on any atom is 0.270 e. The minimum Gasteiger partial charge on any atom is -0.360 e. The van der Waals surface area contributed by atoms with Crippen LogP contribution >= 0.6 is 22.9 Å². The summed E-state index contributed by atoms with van der Waals surface area (Å²) >= 11 is 6.96. The van der Waals surface area contributed by atoms with Crippen molar-refractivity contribution >= 4 is 39.9 Å². The van der Waals surface area contributed by atoms with Gasteiger partial charge in [-0.2, -0.15) is 5.26 Å². The van der Waals surface area contributed by atoms with E-state index in [0.29, 0.717) is 22.0 Å². The van der Waals surface area contributed by atoms with Gasteiger partial charge in [0, 0.05) is 35.0 Å². The van der Waals surface area contributed by atoms with Crippen LogP contribution in [0.3, 0.4) is 0 Å². The summed E-state index contributed by atoms with van der Waals surface area (Å²) < 4.78 is 13.2. The van der Waals surface area contributed by atoms with Crippen LogP contribution in [0, 0.1) is 27.3 Å². The number of allylic oxidation sites excluding steroid dienone is 1. The Morgan fingerprint density at radius 1 is 1.37 bits per heavy atom. The minimum absolute atomic E-state index is 0.0332. The van der Waals surface area contributed by atoms with E-state index in [1.54, 1.807) is 17.5 Å². The molecule has 0 aliphatic carbocycles. The number of nitrogens with one attached hydrogen (secondary N) is 1. The minimum atomic E-state index is -0.534. The summed E-state index contributed by atoms with van der Waals surface area (Å²) in [6.07, 6.45) is 1.44. The highest BCUT2D eigenvalue weighted by molar-refractivity contribution is 7.11. The van der Waals surface area contributed by atoms with Crippen molar-refractivity contribution in [2.45, 2.75) is 0 Å². The Bertz CT molecular complexity index is 1090. The van der Waals surface area contributed by atoms with Crippen molar-refractivity contribution in [1.82, 2.24) is 4.98 Å². The summed E-state index contributed by atoms with van der Waals surface area (Å²) in [7, 11) is 0. The second-order valence-electron chi connectivity index (χ2n) is 5.29. The van der Waals surface area contributed by atoms with Crippen molar-refractivity contribution in [3.63, 3.8) is 0 Å². The molecule has 0 aliphatic rings. The summed E-state index contributed by atoms with van der Waals surface area (Å²) in [6, 6.07) is 12.3. The Balaban J connectivity index is 1.85. The van der Waals surface area contributed by atoms with Crippen LogP contribution in [0.4, 0.5) is 15.8 Å². The lowest BCUT2D eigenvalue weighted by molar-refractivity contribution is -0.384. The van der Waals surface area contributed by atoms with Crippen LogP contribution in [0.5, 0.6) is 0 Å². The molecular weight excluding hydrogens is 391 g/mol. The molecule has 0 bridgehead atoms. The molecule has 0 fully saturated rings. The van der Waals surface area contributed by atoms with Crippen molar-refractivity contribution in [2.75, 3.05) is 5.32 Å². The van der Waals surface area contributed by atoms with Crippen LogP contribution in [0.1, 0.15) is 5.01 Å². The van der Waals surface area contributed by atoms with Gasteiger partial charge in [-0.25, -0.2) is 9.37 Å². The lowest BCUT2D eigenvalue weighted by Gasteiger charge is -2.02. The number of hydrogen-bond acceptors (Lipinski definition) is 6. The second kappa shape index (κ2) is 7.95. The van der Waals surface area contributed by atoms with Gasteiger partial charge in [0.1, 0.15) is 22.5 Å². The number of nitriles is 1. The molecule has 9 heteroatoms. The monoisotopic (exact) mass is 400 g/mol. The van der Waals surface area contributed by atoms with E-state index in [9.17, 15) is 19.8 Å². The molecule has 0 atom stereocenters. The van der Waals surface area contributed by atoms with E-state index in [2.05, 4.69) is 10.3 Å². The third-order valence-electron chi connectivity index (χ3n) is 3.51. The van der Waals surface area contributed by atoms with Crippen LogP contribution in [0.25, 0.3) is 16.8 Å². The fourth-order valence-corrected chi connectivity index (χ4v) is 3.17. The number of benzene rings is 2. The third kappa shape index (κ3) is 4.28. The number of nitro benzene ring substituents is 1. The van der Waals surface area contributed by atoms with Gasteiger partial charge >= 0.3 is 0 Å². The van der Waals surface area contributed by atoms with Gasteiger partial charge in [0.2, 0.25) is 0 Å². The van der Waals surface area contributed by atoms with E-state index in [1.807, 2.05) is 6.07 Å². The molecule has 3 aromatic rings. The highest BCUT2D eigenvalue weighted by Crippen LogP contribution is 2.28. The van der Waals surface area contributed by atoms with Gasteiger partial charge in [0.05, 0.1) is 15.6 Å². The molecule has 6 nitrogen and oxygen atoms in total. The van der Waals surface area contributed by atoms with Crippen molar-refractivity contribution < 1.29 is 9.31 Å². The third-order valence-corrected chi connectivity index (χ3v) is 4.68. The van der Waals surface area contributed by atoms with Crippen molar-refractivity contribution in [2.24, 2.45) is 0 Å². The summed E-state index contributed by atoms with van der Waals surface area (Å²) in [6.45, 7) is 0. The number of aromatic nitrogens is 1. The Labute approximate surface area is 162 Å². The standard InChI is InChI=1S/C18H10ClFN4O2S/c19-15-7-13(4-5-16(15)20)22-9-12(8-21)18-23-17(10-27-18)11-2-1-3-14(6-11)24(25)26/h1-7,9-10,22H/b12-9-. The normalized spacial score (nSPS) is 11.1. The molecule has 0 saturated carbocycles. The smallest absolute Gasteiger partial charge is 0.270 e. The molecule has 27 heavy (non-hydrogen) atoms. The predicted octanol–water partition coefficient (Wildman–Crippen LogP) is 5.49. The lowest BCUT2D eigenvalue weighted by Crippen LogP contribution is -1.92.